The van der Waals surface area contributed by atoms with Crippen LogP contribution in [0.3, 0.4) is 0 Å². The molecule has 1 rings (SSSR count). The fourth-order valence-electron chi connectivity index (χ4n) is 1.60. The molecule has 1 amide bonds. The van der Waals surface area contributed by atoms with E-state index < -0.39 is 17.1 Å². The first-order valence-electron chi connectivity index (χ1n) is 6.40. The van der Waals surface area contributed by atoms with Gasteiger partial charge in [-0.25, -0.2) is 4.79 Å². The summed E-state index contributed by atoms with van der Waals surface area (Å²) in [7, 11) is 0. The average Bonchev–Trinajstić information content (AvgIpc) is 2.71. The first-order valence-corrected chi connectivity index (χ1v) is 6.40. The second-order valence-corrected chi connectivity index (χ2v) is 6.03. The summed E-state index contributed by atoms with van der Waals surface area (Å²) < 4.78 is 10.8. The van der Waals surface area contributed by atoms with Crippen LogP contribution in [0.5, 0.6) is 0 Å². The van der Waals surface area contributed by atoms with E-state index in [9.17, 15) is 4.79 Å². The van der Waals surface area contributed by atoms with E-state index >= 15 is 0 Å². The molecule has 0 bridgehead atoms. The number of alkyl carbamates (subject to hydrolysis) is 1. The van der Waals surface area contributed by atoms with Crippen molar-refractivity contribution < 1.29 is 13.9 Å². The summed E-state index contributed by atoms with van der Waals surface area (Å²) in [5.41, 5.74) is 4.86. The van der Waals surface area contributed by atoms with E-state index in [1.807, 2.05) is 46.8 Å². The molecule has 0 saturated carbocycles. The van der Waals surface area contributed by atoms with E-state index in [-0.39, 0.29) is 0 Å². The number of amides is 1. The first kappa shape index (κ1) is 15.6. The maximum absolute atomic E-state index is 11.7. The van der Waals surface area contributed by atoms with Gasteiger partial charge in [0.2, 0.25) is 0 Å². The van der Waals surface area contributed by atoms with Crippen LogP contribution in [-0.2, 0) is 10.2 Å². The number of carbonyl (C=O) groups is 1. The zero-order valence-corrected chi connectivity index (χ0v) is 12.4. The number of furan rings is 1. The highest BCUT2D eigenvalue weighted by Gasteiger charge is 2.30. The Labute approximate surface area is 114 Å². The number of carbonyl (C=O) groups excluding carboxylic acids is 1. The van der Waals surface area contributed by atoms with Gasteiger partial charge in [0.1, 0.15) is 17.1 Å². The third-order valence-electron chi connectivity index (χ3n) is 2.81. The number of aryl methyl sites for hydroxylation is 1. The number of hydrogen-bond donors (Lipinski definition) is 2. The normalized spacial score (nSPS) is 14.8. The largest absolute Gasteiger partial charge is 0.466 e. The van der Waals surface area contributed by atoms with Crippen LogP contribution < -0.4 is 11.1 Å². The Kier molecular flexibility index (Phi) is 4.63. The minimum Gasteiger partial charge on any atom is -0.466 e. The van der Waals surface area contributed by atoms with Crippen LogP contribution in [0.1, 0.15) is 39.2 Å². The smallest absolute Gasteiger partial charge is 0.407 e. The molecule has 0 fully saturated rings. The van der Waals surface area contributed by atoms with E-state index in [1.54, 1.807) is 0 Å². The highest BCUT2D eigenvalue weighted by molar-refractivity contribution is 5.67. The molecule has 0 radical (unpaired) electrons. The zero-order valence-electron chi connectivity index (χ0n) is 12.4. The van der Waals surface area contributed by atoms with Crippen molar-refractivity contribution in [2.45, 2.75) is 45.6 Å². The van der Waals surface area contributed by atoms with E-state index in [1.165, 1.54) is 0 Å². The molecule has 1 aromatic rings. The summed E-state index contributed by atoms with van der Waals surface area (Å²) in [6.07, 6.45) is -0.449. The van der Waals surface area contributed by atoms with Crippen molar-refractivity contribution in [2.75, 3.05) is 13.1 Å². The lowest BCUT2D eigenvalue weighted by molar-refractivity contribution is 0.0514. The minimum atomic E-state index is -0.509. The molecule has 3 N–H and O–H groups in total. The Morgan fingerprint density at radius 3 is 2.42 bits per heavy atom. The standard InChI is InChI=1S/C14H24N2O3/c1-10-6-7-11(18-10)14(5,8-15)9-16-12(17)19-13(2,3)4/h6-7H,8-9,15H2,1-5H3,(H,16,17). The predicted octanol–water partition coefficient (Wildman–Crippen LogP) is 2.33. The van der Waals surface area contributed by atoms with Crippen molar-refractivity contribution in [3.05, 3.63) is 23.7 Å². The van der Waals surface area contributed by atoms with Crippen LogP contribution in [0, 0.1) is 6.92 Å². The van der Waals surface area contributed by atoms with Crippen molar-refractivity contribution >= 4 is 6.09 Å². The fraction of sp³-hybridized carbons (Fsp3) is 0.643. The fourth-order valence-corrected chi connectivity index (χ4v) is 1.60. The molecule has 1 aromatic heterocycles. The van der Waals surface area contributed by atoms with Gasteiger partial charge in [0, 0.05) is 13.1 Å². The molecular formula is C14H24N2O3. The van der Waals surface area contributed by atoms with Crippen LogP contribution >= 0.6 is 0 Å². The highest BCUT2D eigenvalue weighted by atomic mass is 16.6. The van der Waals surface area contributed by atoms with Crippen LogP contribution in [0.2, 0.25) is 0 Å². The van der Waals surface area contributed by atoms with E-state index in [2.05, 4.69) is 5.32 Å². The molecule has 19 heavy (non-hydrogen) atoms. The number of nitrogens with one attached hydrogen (secondary N) is 1. The molecule has 0 aromatic carbocycles. The third-order valence-corrected chi connectivity index (χ3v) is 2.81. The topological polar surface area (TPSA) is 77.5 Å². The summed E-state index contributed by atoms with van der Waals surface area (Å²) >= 11 is 0. The Bertz CT molecular complexity index is 434. The molecule has 0 aliphatic rings. The summed E-state index contributed by atoms with van der Waals surface area (Å²) in [6.45, 7) is 10.0. The number of hydrogen-bond acceptors (Lipinski definition) is 4. The molecular weight excluding hydrogens is 244 g/mol. The number of nitrogens with two attached hydrogens (primary N) is 1. The van der Waals surface area contributed by atoms with Crippen molar-refractivity contribution in [3.63, 3.8) is 0 Å². The quantitative estimate of drug-likeness (QED) is 0.878. The van der Waals surface area contributed by atoms with Gasteiger partial charge in [-0.05, 0) is 46.8 Å². The Morgan fingerprint density at radius 2 is 2.00 bits per heavy atom. The van der Waals surface area contributed by atoms with Gasteiger partial charge in [0.15, 0.2) is 0 Å². The monoisotopic (exact) mass is 268 g/mol. The molecule has 1 atom stereocenters. The predicted molar refractivity (Wildman–Crippen MR) is 74.1 cm³/mol. The van der Waals surface area contributed by atoms with Gasteiger partial charge in [-0.1, -0.05) is 0 Å². The maximum atomic E-state index is 11.7. The number of rotatable bonds is 4. The molecule has 1 unspecified atom stereocenters. The maximum Gasteiger partial charge on any atom is 0.407 e. The summed E-state index contributed by atoms with van der Waals surface area (Å²) in [4.78, 5) is 11.7. The van der Waals surface area contributed by atoms with E-state index in [0.29, 0.717) is 13.1 Å². The molecule has 108 valence electrons. The average molecular weight is 268 g/mol. The van der Waals surface area contributed by atoms with Gasteiger partial charge in [-0.3, -0.25) is 0 Å². The summed E-state index contributed by atoms with van der Waals surface area (Å²) in [5, 5.41) is 2.74. The highest BCUT2D eigenvalue weighted by Crippen LogP contribution is 2.24. The molecule has 0 aliphatic carbocycles. The number of ether oxygens (including phenoxy) is 1. The lowest BCUT2D eigenvalue weighted by atomic mass is 9.88. The van der Waals surface area contributed by atoms with Crippen molar-refractivity contribution in [1.29, 1.82) is 0 Å². The molecule has 1 heterocycles. The van der Waals surface area contributed by atoms with Crippen LogP contribution in [0.25, 0.3) is 0 Å². The minimum absolute atomic E-state index is 0.366. The second-order valence-electron chi connectivity index (χ2n) is 6.03. The lowest BCUT2D eigenvalue weighted by Crippen LogP contribution is -2.45. The van der Waals surface area contributed by atoms with Gasteiger partial charge >= 0.3 is 6.09 Å². The second kappa shape index (κ2) is 5.65. The van der Waals surface area contributed by atoms with Crippen molar-refractivity contribution in [2.24, 2.45) is 5.73 Å². The Balaban J connectivity index is 2.65. The molecule has 5 nitrogen and oxygen atoms in total. The van der Waals surface area contributed by atoms with Gasteiger partial charge < -0.3 is 20.2 Å². The van der Waals surface area contributed by atoms with Crippen molar-refractivity contribution in [3.8, 4) is 0 Å². The molecule has 0 spiro atoms. The van der Waals surface area contributed by atoms with Gasteiger partial charge in [0.05, 0.1) is 5.41 Å². The molecule has 5 heteroatoms. The van der Waals surface area contributed by atoms with E-state index in [0.717, 1.165) is 11.5 Å². The summed E-state index contributed by atoms with van der Waals surface area (Å²) in [6, 6.07) is 3.77. The first-order chi connectivity index (χ1) is 8.66. The SMILES string of the molecule is Cc1ccc(C(C)(CN)CNC(=O)OC(C)(C)C)o1. The zero-order chi connectivity index (χ0) is 14.7. The van der Waals surface area contributed by atoms with Crippen molar-refractivity contribution in [1.82, 2.24) is 5.32 Å². The van der Waals surface area contributed by atoms with Gasteiger partial charge in [0.25, 0.3) is 0 Å². The van der Waals surface area contributed by atoms with Crippen LogP contribution in [0.4, 0.5) is 4.79 Å². The third kappa shape index (κ3) is 4.59. The molecule has 0 aliphatic heterocycles. The van der Waals surface area contributed by atoms with Crippen LogP contribution in [-0.4, -0.2) is 24.8 Å². The van der Waals surface area contributed by atoms with E-state index in [4.69, 9.17) is 14.9 Å². The van der Waals surface area contributed by atoms with Crippen LogP contribution in [0.15, 0.2) is 16.5 Å². The lowest BCUT2D eigenvalue weighted by Gasteiger charge is -2.27. The Hall–Kier alpha value is -1.49. The summed E-state index contributed by atoms with van der Waals surface area (Å²) in [5.74, 6) is 1.59. The van der Waals surface area contributed by atoms with Gasteiger partial charge in [-0.15, -0.1) is 0 Å². The Morgan fingerprint density at radius 1 is 1.37 bits per heavy atom. The molecule has 0 saturated heterocycles. The van der Waals surface area contributed by atoms with Gasteiger partial charge in [-0.2, -0.15) is 0 Å².